The third-order valence-electron chi connectivity index (χ3n) is 2.10. The Balaban J connectivity index is 3.81. The summed E-state index contributed by atoms with van der Waals surface area (Å²) in [5.41, 5.74) is -6.37. The average Bonchev–Trinajstić information content (AvgIpc) is 2.24. The zero-order valence-corrected chi connectivity index (χ0v) is 9.45. The monoisotopic (exact) mass is 304 g/mol. The number of carbonyl (C=O) groups excluding carboxylic acids is 2. The average molecular weight is 305 g/mol. The minimum absolute atomic E-state index is 0.137. The van der Waals surface area contributed by atoms with Crippen LogP contribution in [0.25, 0.3) is 0 Å². The molecule has 0 aliphatic carbocycles. The zero-order chi connectivity index (χ0) is 15.0. The highest BCUT2D eigenvalue weighted by molar-refractivity contribution is 6.68. The van der Waals surface area contributed by atoms with Crippen molar-refractivity contribution in [2.75, 3.05) is 0 Å². The standard InChI is InChI=1S/C10H3ClF6O2/c11-8(19)7-5(9(12,13)14)1-4(3-18)2-6(7)10(15,16)17/h1-3H. The van der Waals surface area contributed by atoms with E-state index in [2.05, 4.69) is 0 Å². The van der Waals surface area contributed by atoms with Gasteiger partial charge in [0.2, 0.25) is 0 Å². The maximum Gasteiger partial charge on any atom is 0.417 e. The molecule has 104 valence electrons. The van der Waals surface area contributed by atoms with Crippen LogP contribution >= 0.6 is 11.6 Å². The second kappa shape index (κ2) is 4.84. The van der Waals surface area contributed by atoms with Crippen molar-refractivity contribution in [3.05, 3.63) is 34.4 Å². The molecule has 0 radical (unpaired) electrons. The smallest absolute Gasteiger partial charge is 0.298 e. The van der Waals surface area contributed by atoms with Gasteiger partial charge in [-0.15, -0.1) is 0 Å². The molecule has 1 rings (SSSR count). The van der Waals surface area contributed by atoms with E-state index >= 15 is 0 Å². The molecule has 0 aromatic heterocycles. The fraction of sp³-hybridized carbons (Fsp3) is 0.200. The van der Waals surface area contributed by atoms with E-state index in [0.717, 1.165) is 0 Å². The number of hydrogen-bond acceptors (Lipinski definition) is 2. The summed E-state index contributed by atoms with van der Waals surface area (Å²) < 4.78 is 75.6. The van der Waals surface area contributed by atoms with E-state index in [9.17, 15) is 35.9 Å². The molecule has 0 heterocycles. The summed E-state index contributed by atoms with van der Waals surface area (Å²) in [5.74, 6) is 0. The number of carbonyl (C=O) groups is 2. The van der Waals surface area contributed by atoms with Gasteiger partial charge in [-0.3, -0.25) is 9.59 Å². The molecule has 9 heteroatoms. The fourth-order valence-electron chi connectivity index (χ4n) is 1.39. The van der Waals surface area contributed by atoms with Crippen LogP contribution in [0.1, 0.15) is 31.8 Å². The van der Waals surface area contributed by atoms with Crippen LogP contribution in [0.3, 0.4) is 0 Å². The van der Waals surface area contributed by atoms with Crippen LogP contribution < -0.4 is 0 Å². The Bertz CT molecular complexity index is 497. The summed E-state index contributed by atoms with van der Waals surface area (Å²) >= 11 is 4.79. The maximum atomic E-state index is 12.6. The maximum absolute atomic E-state index is 12.6. The van der Waals surface area contributed by atoms with E-state index in [0.29, 0.717) is 0 Å². The Kier molecular flexibility index (Phi) is 3.94. The molecular weight excluding hydrogens is 302 g/mol. The lowest BCUT2D eigenvalue weighted by Gasteiger charge is -2.17. The SMILES string of the molecule is O=Cc1cc(C(F)(F)F)c(C(=O)Cl)c(C(F)(F)F)c1. The lowest BCUT2D eigenvalue weighted by molar-refractivity contribution is -0.143. The Morgan fingerprint density at radius 3 is 1.58 bits per heavy atom. The summed E-state index contributed by atoms with van der Waals surface area (Å²) in [4.78, 5) is 21.3. The molecule has 0 fully saturated rings. The Hall–Kier alpha value is -1.57. The molecule has 0 aliphatic heterocycles. The Labute approximate surface area is 107 Å². The summed E-state index contributed by atoms with van der Waals surface area (Å²) in [6.07, 6.45) is -10.7. The molecule has 0 amide bonds. The largest absolute Gasteiger partial charge is 0.417 e. The molecule has 19 heavy (non-hydrogen) atoms. The van der Waals surface area contributed by atoms with E-state index < -0.39 is 39.8 Å². The normalized spacial score (nSPS) is 12.4. The minimum Gasteiger partial charge on any atom is -0.298 e. The van der Waals surface area contributed by atoms with Crippen molar-refractivity contribution in [3.63, 3.8) is 0 Å². The fourth-order valence-corrected chi connectivity index (χ4v) is 1.59. The lowest BCUT2D eigenvalue weighted by atomic mass is 9.97. The molecule has 0 aliphatic rings. The van der Waals surface area contributed by atoms with Gasteiger partial charge in [0.05, 0.1) is 16.7 Å². The highest BCUT2D eigenvalue weighted by atomic mass is 35.5. The first-order valence-electron chi connectivity index (χ1n) is 4.46. The predicted molar refractivity (Wildman–Crippen MR) is 52.0 cm³/mol. The first kappa shape index (κ1) is 15.5. The van der Waals surface area contributed by atoms with Gasteiger partial charge in [-0.05, 0) is 23.7 Å². The number of aldehydes is 1. The molecule has 0 atom stereocenters. The van der Waals surface area contributed by atoms with Gasteiger partial charge in [0.1, 0.15) is 6.29 Å². The third kappa shape index (κ3) is 3.25. The van der Waals surface area contributed by atoms with E-state index in [1.165, 1.54) is 0 Å². The minimum atomic E-state index is -5.25. The molecule has 0 bridgehead atoms. The van der Waals surface area contributed by atoms with E-state index in [4.69, 9.17) is 11.6 Å². The van der Waals surface area contributed by atoms with Crippen LogP contribution in [0.5, 0.6) is 0 Å². The lowest BCUT2D eigenvalue weighted by Crippen LogP contribution is -2.19. The quantitative estimate of drug-likeness (QED) is 0.471. The van der Waals surface area contributed by atoms with Gasteiger partial charge in [0, 0.05) is 5.56 Å². The number of alkyl halides is 6. The van der Waals surface area contributed by atoms with Gasteiger partial charge in [0.15, 0.2) is 0 Å². The summed E-state index contributed by atoms with van der Waals surface area (Å²) in [6.45, 7) is 0. The van der Waals surface area contributed by atoms with Crippen molar-refractivity contribution < 1.29 is 35.9 Å². The van der Waals surface area contributed by atoms with Crippen LogP contribution in [0, 0.1) is 0 Å². The van der Waals surface area contributed by atoms with Gasteiger partial charge in [-0.2, -0.15) is 26.3 Å². The zero-order valence-electron chi connectivity index (χ0n) is 8.69. The number of hydrogen-bond donors (Lipinski definition) is 0. The van der Waals surface area contributed by atoms with Crippen molar-refractivity contribution in [1.82, 2.24) is 0 Å². The molecule has 1 aromatic carbocycles. The second-order valence-electron chi connectivity index (χ2n) is 3.38. The summed E-state index contributed by atoms with van der Waals surface area (Å²) in [7, 11) is 0. The van der Waals surface area contributed by atoms with Gasteiger partial charge in [0.25, 0.3) is 5.24 Å². The Morgan fingerprint density at radius 2 is 1.37 bits per heavy atom. The molecule has 0 unspecified atom stereocenters. The molecule has 1 aromatic rings. The molecular formula is C10H3ClF6O2. The molecule has 0 saturated carbocycles. The second-order valence-corrected chi connectivity index (χ2v) is 3.72. The highest BCUT2D eigenvalue weighted by Gasteiger charge is 2.43. The van der Waals surface area contributed by atoms with Crippen LogP contribution in [0.4, 0.5) is 26.3 Å². The van der Waals surface area contributed by atoms with Crippen molar-refractivity contribution in [2.24, 2.45) is 0 Å². The predicted octanol–water partition coefficient (Wildman–Crippen LogP) is 3.92. The van der Waals surface area contributed by atoms with Crippen LogP contribution in [-0.2, 0) is 12.4 Å². The van der Waals surface area contributed by atoms with Crippen LogP contribution in [0.15, 0.2) is 12.1 Å². The number of halogens is 7. The van der Waals surface area contributed by atoms with Crippen molar-refractivity contribution in [1.29, 1.82) is 0 Å². The van der Waals surface area contributed by atoms with E-state index in [1.807, 2.05) is 0 Å². The first-order chi connectivity index (χ1) is 8.48. The molecule has 2 nitrogen and oxygen atoms in total. The van der Waals surface area contributed by atoms with Gasteiger partial charge < -0.3 is 0 Å². The number of benzene rings is 1. The van der Waals surface area contributed by atoms with Crippen LogP contribution in [0.2, 0.25) is 0 Å². The van der Waals surface area contributed by atoms with Gasteiger partial charge >= 0.3 is 12.4 Å². The van der Waals surface area contributed by atoms with Gasteiger partial charge in [-0.1, -0.05) is 0 Å². The van der Waals surface area contributed by atoms with Gasteiger partial charge in [-0.25, -0.2) is 0 Å². The highest BCUT2D eigenvalue weighted by Crippen LogP contribution is 2.40. The summed E-state index contributed by atoms with van der Waals surface area (Å²) in [6, 6.07) is 0.274. The third-order valence-corrected chi connectivity index (χ3v) is 2.29. The van der Waals surface area contributed by atoms with Crippen molar-refractivity contribution >= 4 is 23.1 Å². The molecule has 0 N–H and O–H groups in total. The Morgan fingerprint density at radius 1 is 1.00 bits per heavy atom. The van der Waals surface area contributed by atoms with Crippen molar-refractivity contribution in [3.8, 4) is 0 Å². The van der Waals surface area contributed by atoms with E-state index in [1.54, 1.807) is 0 Å². The number of rotatable bonds is 2. The summed E-state index contributed by atoms with van der Waals surface area (Å²) in [5, 5.41) is -1.91. The first-order valence-corrected chi connectivity index (χ1v) is 4.83. The van der Waals surface area contributed by atoms with Crippen LogP contribution in [-0.4, -0.2) is 11.5 Å². The molecule has 0 saturated heterocycles. The van der Waals surface area contributed by atoms with Crippen molar-refractivity contribution in [2.45, 2.75) is 12.4 Å². The topological polar surface area (TPSA) is 34.1 Å². The molecule has 0 spiro atoms. The van der Waals surface area contributed by atoms with E-state index in [-0.39, 0.29) is 18.4 Å².